The minimum Gasteiger partial charge on any atom is -0.478 e. The third-order valence-electron chi connectivity index (χ3n) is 1.55. The molecule has 4 heteroatoms. The number of rotatable bonds is 6. The van der Waals surface area contributed by atoms with Gasteiger partial charge in [0, 0.05) is 17.4 Å². The Morgan fingerprint density at radius 2 is 2.50 bits per heavy atom. The van der Waals surface area contributed by atoms with Gasteiger partial charge >= 0.3 is 5.97 Å². The van der Waals surface area contributed by atoms with Crippen molar-refractivity contribution in [1.82, 2.24) is 0 Å². The summed E-state index contributed by atoms with van der Waals surface area (Å²) < 4.78 is 5.21. The van der Waals surface area contributed by atoms with Gasteiger partial charge in [0.2, 0.25) is 0 Å². The van der Waals surface area contributed by atoms with Crippen molar-refractivity contribution in [2.45, 2.75) is 6.42 Å². The van der Waals surface area contributed by atoms with Gasteiger partial charge in [-0.3, -0.25) is 0 Å². The summed E-state index contributed by atoms with van der Waals surface area (Å²) in [5.41, 5.74) is 0. The molecule has 0 aliphatic heterocycles. The molecular weight excluding hydrogens is 200 g/mol. The Hall–Kier alpha value is -1.13. The normalized spacial score (nSPS) is 10.9. The quantitative estimate of drug-likeness (QED) is 0.579. The van der Waals surface area contributed by atoms with Gasteiger partial charge in [-0.1, -0.05) is 12.1 Å². The van der Waals surface area contributed by atoms with Crippen molar-refractivity contribution in [3.63, 3.8) is 0 Å². The molecule has 1 heterocycles. The minimum absolute atomic E-state index is 0.359. The Kier molecular flexibility index (Phi) is 4.96. The largest absolute Gasteiger partial charge is 0.478 e. The molecule has 1 rings (SSSR count). The molecule has 76 valence electrons. The highest BCUT2D eigenvalue weighted by Gasteiger charge is 1.92. The van der Waals surface area contributed by atoms with E-state index < -0.39 is 5.97 Å². The molecule has 0 radical (unpaired) electrons. The molecule has 0 saturated heterocycles. The molecule has 0 spiro atoms. The molecule has 0 bridgehead atoms. The molecule has 1 aromatic heterocycles. The summed E-state index contributed by atoms with van der Waals surface area (Å²) in [5, 5.41) is 10.3. The van der Waals surface area contributed by atoms with Crippen molar-refractivity contribution >= 4 is 17.3 Å². The van der Waals surface area contributed by atoms with Crippen LogP contribution < -0.4 is 0 Å². The number of carbonyl (C=O) groups is 1. The maximum Gasteiger partial charge on any atom is 0.328 e. The Balaban J connectivity index is 2.03. The molecule has 3 nitrogen and oxygen atoms in total. The number of carboxylic acids is 1. The monoisotopic (exact) mass is 212 g/mol. The van der Waals surface area contributed by atoms with E-state index in [-0.39, 0.29) is 0 Å². The molecule has 0 unspecified atom stereocenters. The van der Waals surface area contributed by atoms with Gasteiger partial charge in [0.15, 0.2) is 0 Å². The van der Waals surface area contributed by atoms with Crippen molar-refractivity contribution in [3.8, 4) is 0 Å². The highest BCUT2D eigenvalue weighted by molar-refractivity contribution is 7.09. The Morgan fingerprint density at radius 3 is 3.14 bits per heavy atom. The number of ether oxygens (including phenoxy) is 1. The van der Waals surface area contributed by atoms with Crippen LogP contribution in [0, 0.1) is 0 Å². The van der Waals surface area contributed by atoms with Crippen LogP contribution in [0.5, 0.6) is 0 Å². The lowest BCUT2D eigenvalue weighted by Gasteiger charge is -1.98. The molecule has 1 aromatic rings. The third-order valence-corrected chi connectivity index (χ3v) is 2.48. The predicted molar refractivity (Wildman–Crippen MR) is 55.6 cm³/mol. The topological polar surface area (TPSA) is 46.5 Å². The van der Waals surface area contributed by atoms with Crippen LogP contribution in [-0.2, 0) is 16.0 Å². The lowest BCUT2D eigenvalue weighted by Crippen LogP contribution is -1.97. The molecule has 0 aliphatic rings. The van der Waals surface area contributed by atoms with Crippen molar-refractivity contribution in [3.05, 3.63) is 34.5 Å². The second-order valence-electron chi connectivity index (χ2n) is 2.64. The number of thiophene rings is 1. The summed E-state index contributed by atoms with van der Waals surface area (Å²) in [5.74, 6) is -0.938. The van der Waals surface area contributed by atoms with E-state index in [9.17, 15) is 4.79 Å². The molecule has 0 saturated carbocycles. The fourth-order valence-electron chi connectivity index (χ4n) is 0.928. The Morgan fingerprint density at radius 1 is 1.64 bits per heavy atom. The summed E-state index contributed by atoms with van der Waals surface area (Å²) in [7, 11) is 0. The second-order valence-corrected chi connectivity index (χ2v) is 3.68. The zero-order valence-corrected chi connectivity index (χ0v) is 8.50. The first kappa shape index (κ1) is 10.9. The summed E-state index contributed by atoms with van der Waals surface area (Å²) in [6, 6.07) is 4.06. The molecule has 0 atom stereocenters. The maximum absolute atomic E-state index is 10.1. The second kappa shape index (κ2) is 6.34. The number of carboxylic acid groups (broad SMARTS) is 1. The summed E-state index contributed by atoms with van der Waals surface area (Å²) in [4.78, 5) is 11.4. The van der Waals surface area contributed by atoms with Crippen molar-refractivity contribution in [2.75, 3.05) is 13.2 Å². The van der Waals surface area contributed by atoms with E-state index in [1.54, 1.807) is 11.3 Å². The number of hydrogen-bond acceptors (Lipinski definition) is 3. The van der Waals surface area contributed by atoms with E-state index in [0.29, 0.717) is 13.2 Å². The zero-order chi connectivity index (χ0) is 10.2. The van der Waals surface area contributed by atoms with Gasteiger partial charge in [0.25, 0.3) is 0 Å². The van der Waals surface area contributed by atoms with Crippen LogP contribution in [0.2, 0.25) is 0 Å². The van der Waals surface area contributed by atoms with E-state index in [4.69, 9.17) is 9.84 Å². The average Bonchev–Trinajstić information content (AvgIpc) is 2.63. The van der Waals surface area contributed by atoms with Gasteiger partial charge in [-0.2, -0.15) is 0 Å². The van der Waals surface area contributed by atoms with E-state index in [1.807, 2.05) is 11.4 Å². The van der Waals surface area contributed by atoms with Crippen molar-refractivity contribution in [1.29, 1.82) is 0 Å². The van der Waals surface area contributed by atoms with E-state index in [0.717, 1.165) is 12.5 Å². The van der Waals surface area contributed by atoms with Gasteiger partial charge < -0.3 is 9.84 Å². The molecule has 0 fully saturated rings. The molecule has 14 heavy (non-hydrogen) atoms. The van der Waals surface area contributed by atoms with E-state index in [2.05, 4.69) is 6.07 Å². The smallest absolute Gasteiger partial charge is 0.328 e. The van der Waals surface area contributed by atoms with Crippen LogP contribution in [-0.4, -0.2) is 24.3 Å². The van der Waals surface area contributed by atoms with Crippen LogP contribution >= 0.6 is 11.3 Å². The standard InChI is InChI=1S/C10H12O3S/c11-10(12)4-1-6-13-7-5-9-3-2-8-14-9/h1-4,8H,5-7H2,(H,11,12). The minimum atomic E-state index is -0.938. The fraction of sp³-hybridized carbons (Fsp3) is 0.300. The maximum atomic E-state index is 10.1. The summed E-state index contributed by atoms with van der Waals surface area (Å²) in [6.45, 7) is 0.988. The molecule has 0 aliphatic carbocycles. The van der Waals surface area contributed by atoms with Gasteiger partial charge in [-0.15, -0.1) is 11.3 Å². The van der Waals surface area contributed by atoms with Crippen LogP contribution in [0.15, 0.2) is 29.7 Å². The molecular formula is C10H12O3S. The first-order valence-electron chi connectivity index (χ1n) is 4.28. The van der Waals surface area contributed by atoms with E-state index in [1.165, 1.54) is 11.0 Å². The van der Waals surface area contributed by atoms with Crippen LogP contribution in [0.25, 0.3) is 0 Å². The van der Waals surface area contributed by atoms with Gasteiger partial charge in [-0.05, 0) is 11.4 Å². The van der Waals surface area contributed by atoms with Crippen LogP contribution in [0.3, 0.4) is 0 Å². The van der Waals surface area contributed by atoms with E-state index >= 15 is 0 Å². The van der Waals surface area contributed by atoms with Crippen molar-refractivity contribution in [2.24, 2.45) is 0 Å². The summed E-state index contributed by atoms with van der Waals surface area (Å²) >= 11 is 1.70. The first-order chi connectivity index (χ1) is 6.79. The van der Waals surface area contributed by atoms with Gasteiger partial charge in [0.05, 0.1) is 13.2 Å². The van der Waals surface area contributed by atoms with Gasteiger partial charge in [-0.25, -0.2) is 4.79 Å². The number of aliphatic carboxylic acids is 1. The molecule has 1 N–H and O–H groups in total. The SMILES string of the molecule is O=C(O)C=CCOCCc1cccs1. The Bertz CT molecular complexity index is 290. The van der Waals surface area contributed by atoms with Gasteiger partial charge in [0.1, 0.15) is 0 Å². The summed E-state index contributed by atoms with van der Waals surface area (Å²) in [6.07, 6.45) is 3.47. The third kappa shape index (κ3) is 4.79. The van der Waals surface area contributed by atoms with Crippen LogP contribution in [0.4, 0.5) is 0 Å². The predicted octanol–water partition coefficient (Wildman–Crippen LogP) is 1.95. The highest BCUT2D eigenvalue weighted by Crippen LogP contribution is 2.08. The van der Waals surface area contributed by atoms with Crippen LogP contribution in [0.1, 0.15) is 4.88 Å². The zero-order valence-electron chi connectivity index (χ0n) is 7.68. The molecule has 0 aromatic carbocycles. The lowest BCUT2D eigenvalue weighted by atomic mass is 10.4. The fourth-order valence-corrected chi connectivity index (χ4v) is 1.62. The van der Waals surface area contributed by atoms with Crippen molar-refractivity contribution < 1.29 is 14.6 Å². The molecule has 0 amide bonds. The highest BCUT2D eigenvalue weighted by atomic mass is 32.1. The number of hydrogen-bond donors (Lipinski definition) is 1. The average molecular weight is 212 g/mol. The first-order valence-corrected chi connectivity index (χ1v) is 5.16. The lowest BCUT2D eigenvalue weighted by molar-refractivity contribution is -0.131. The Labute approximate surface area is 86.6 Å².